The number of amides is 1. The third kappa shape index (κ3) is 3.16. The van der Waals surface area contributed by atoms with Crippen LogP contribution in [0.1, 0.15) is 36.7 Å². The maximum atomic E-state index is 12.7. The average Bonchev–Trinajstić information content (AvgIpc) is 3.18. The van der Waals surface area contributed by atoms with E-state index in [-0.39, 0.29) is 18.5 Å². The largest absolute Gasteiger partial charge is 0.490 e. The Balaban J connectivity index is 1.54. The number of benzene rings is 1. The number of hydrogen-bond acceptors (Lipinski definition) is 6. The fourth-order valence-corrected chi connectivity index (χ4v) is 3.41. The third-order valence-electron chi connectivity index (χ3n) is 4.73. The molecule has 0 radical (unpaired) electrons. The summed E-state index contributed by atoms with van der Waals surface area (Å²) in [7, 11) is 0. The topological polar surface area (TPSA) is 82.4 Å². The second kappa shape index (κ2) is 6.70. The Bertz CT molecular complexity index is 775. The monoisotopic (exact) mass is 343 g/mol. The molecule has 2 aromatic rings. The first kappa shape index (κ1) is 15.9. The minimum absolute atomic E-state index is 0.0324. The molecule has 1 atom stereocenters. The van der Waals surface area contributed by atoms with Gasteiger partial charge in [0.1, 0.15) is 12.4 Å². The van der Waals surface area contributed by atoms with Gasteiger partial charge in [-0.3, -0.25) is 4.79 Å². The van der Waals surface area contributed by atoms with Crippen LogP contribution >= 0.6 is 0 Å². The molecule has 8 heteroatoms. The van der Waals surface area contributed by atoms with Crippen molar-refractivity contribution in [3.8, 4) is 11.5 Å². The SMILES string of the molecule is Cc1nnnn1CC(=O)N1CCC[C@@H]1c1ccc2c(c1)OCCCO2. The quantitative estimate of drug-likeness (QED) is 0.840. The highest BCUT2D eigenvalue weighted by atomic mass is 16.5. The molecule has 1 saturated heterocycles. The van der Waals surface area contributed by atoms with E-state index >= 15 is 0 Å². The molecule has 0 N–H and O–H groups in total. The van der Waals surface area contributed by atoms with Gasteiger partial charge in [0.05, 0.1) is 19.3 Å². The fraction of sp³-hybridized carbons (Fsp3) is 0.529. The van der Waals surface area contributed by atoms with Gasteiger partial charge in [-0.1, -0.05) is 6.07 Å². The van der Waals surface area contributed by atoms with Crippen molar-refractivity contribution in [3.05, 3.63) is 29.6 Å². The van der Waals surface area contributed by atoms with Crippen LogP contribution in [0.2, 0.25) is 0 Å². The van der Waals surface area contributed by atoms with Crippen molar-refractivity contribution >= 4 is 5.91 Å². The summed E-state index contributed by atoms with van der Waals surface area (Å²) >= 11 is 0. The fourth-order valence-electron chi connectivity index (χ4n) is 3.41. The number of nitrogens with zero attached hydrogens (tertiary/aromatic N) is 5. The molecule has 2 aliphatic rings. The smallest absolute Gasteiger partial charge is 0.244 e. The van der Waals surface area contributed by atoms with Crippen LogP contribution in [0.4, 0.5) is 0 Å². The summed E-state index contributed by atoms with van der Waals surface area (Å²) in [5, 5.41) is 11.3. The molecule has 0 unspecified atom stereocenters. The number of rotatable bonds is 3. The number of aryl methyl sites for hydroxylation is 1. The maximum absolute atomic E-state index is 12.7. The highest BCUT2D eigenvalue weighted by molar-refractivity contribution is 5.77. The summed E-state index contributed by atoms with van der Waals surface area (Å²) in [4.78, 5) is 14.7. The number of carbonyl (C=O) groups excluding carboxylic acids is 1. The summed E-state index contributed by atoms with van der Waals surface area (Å²) in [6, 6.07) is 6.05. The van der Waals surface area contributed by atoms with Gasteiger partial charge in [0.15, 0.2) is 11.5 Å². The second-order valence-electron chi connectivity index (χ2n) is 6.39. The zero-order chi connectivity index (χ0) is 17.2. The Labute approximate surface area is 145 Å². The van der Waals surface area contributed by atoms with Crippen molar-refractivity contribution < 1.29 is 14.3 Å². The number of carbonyl (C=O) groups is 1. The van der Waals surface area contributed by atoms with E-state index in [0.717, 1.165) is 42.9 Å². The van der Waals surface area contributed by atoms with E-state index in [0.29, 0.717) is 19.0 Å². The molecule has 1 fully saturated rings. The zero-order valence-corrected chi connectivity index (χ0v) is 14.2. The van der Waals surface area contributed by atoms with Crippen LogP contribution in [-0.4, -0.2) is 50.8 Å². The van der Waals surface area contributed by atoms with Gasteiger partial charge < -0.3 is 14.4 Å². The van der Waals surface area contributed by atoms with E-state index in [1.807, 2.05) is 23.1 Å². The van der Waals surface area contributed by atoms with Crippen molar-refractivity contribution in [1.82, 2.24) is 25.1 Å². The maximum Gasteiger partial charge on any atom is 0.244 e. The molecule has 25 heavy (non-hydrogen) atoms. The van der Waals surface area contributed by atoms with Crippen LogP contribution in [0.3, 0.4) is 0 Å². The molecule has 0 aliphatic carbocycles. The number of hydrogen-bond donors (Lipinski definition) is 0. The van der Waals surface area contributed by atoms with E-state index in [1.54, 1.807) is 6.92 Å². The van der Waals surface area contributed by atoms with Crippen molar-refractivity contribution in [2.75, 3.05) is 19.8 Å². The van der Waals surface area contributed by atoms with Crippen LogP contribution in [0.25, 0.3) is 0 Å². The van der Waals surface area contributed by atoms with Crippen molar-refractivity contribution in [3.63, 3.8) is 0 Å². The van der Waals surface area contributed by atoms with Crippen LogP contribution in [0.5, 0.6) is 11.5 Å². The van der Waals surface area contributed by atoms with Crippen LogP contribution in [0, 0.1) is 6.92 Å². The molecule has 1 aromatic heterocycles. The number of aromatic nitrogens is 4. The lowest BCUT2D eigenvalue weighted by molar-refractivity contribution is -0.133. The lowest BCUT2D eigenvalue weighted by Gasteiger charge is -2.25. The highest BCUT2D eigenvalue weighted by Gasteiger charge is 2.31. The van der Waals surface area contributed by atoms with Gasteiger partial charge in [0.2, 0.25) is 5.91 Å². The number of ether oxygens (including phenoxy) is 2. The standard InChI is InChI=1S/C17H21N5O3/c1-12-18-19-20-22(12)11-17(23)21-7-2-4-14(21)13-5-6-15-16(10-13)25-9-3-8-24-15/h5-6,10,14H,2-4,7-9,11H2,1H3/t14-/m1/s1. The van der Waals surface area contributed by atoms with Gasteiger partial charge in [-0.25, -0.2) is 4.68 Å². The zero-order valence-electron chi connectivity index (χ0n) is 14.2. The van der Waals surface area contributed by atoms with Crippen molar-refractivity contribution in [2.24, 2.45) is 0 Å². The Morgan fingerprint density at radius 2 is 2.08 bits per heavy atom. The Hall–Kier alpha value is -2.64. The van der Waals surface area contributed by atoms with Crippen molar-refractivity contribution in [1.29, 1.82) is 0 Å². The van der Waals surface area contributed by atoms with Gasteiger partial charge in [0.25, 0.3) is 0 Å². The second-order valence-corrected chi connectivity index (χ2v) is 6.39. The summed E-state index contributed by atoms with van der Waals surface area (Å²) in [5.41, 5.74) is 1.09. The molecule has 1 aromatic carbocycles. The molecule has 3 heterocycles. The van der Waals surface area contributed by atoms with Crippen LogP contribution < -0.4 is 9.47 Å². The summed E-state index contributed by atoms with van der Waals surface area (Å²) < 4.78 is 13.0. The minimum Gasteiger partial charge on any atom is -0.490 e. The number of likely N-dealkylation sites (tertiary alicyclic amines) is 1. The predicted octanol–water partition coefficient (Wildman–Crippen LogP) is 1.51. The molecule has 132 valence electrons. The molecule has 0 bridgehead atoms. The molecular formula is C17H21N5O3. The number of fused-ring (bicyclic) bond motifs is 1. The van der Waals surface area contributed by atoms with E-state index in [4.69, 9.17) is 9.47 Å². The molecule has 0 saturated carbocycles. The van der Waals surface area contributed by atoms with Gasteiger partial charge in [-0.05, 0) is 47.9 Å². The minimum atomic E-state index is 0.0324. The summed E-state index contributed by atoms with van der Waals surface area (Å²) in [5.74, 6) is 2.22. The molecule has 1 amide bonds. The Morgan fingerprint density at radius 1 is 1.24 bits per heavy atom. The third-order valence-corrected chi connectivity index (χ3v) is 4.73. The van der Waals surface area contributed by atoms with Gasteiger partial charge in [0, 0.05) is 13.0 Å². The first-order valence-electron chi connectivity index (χ1n) is 8.64. The lowest BCUT2D eigenvalue weighted by Crippen LogP contribution is -2.34. The lowest BCUT2D eigenvalue weighted by atomic mass is 10.0. The predicted molar refractivity (Wildman–Crippen MR) is 88.3 cm³/mol. The van der Waals surface area contributed by atoms with E-state index in [2.05, 4.69) is 15.5 Å². The first-order chi connectivity index (χ1) is 12.2. The molecule has 2 aliphatic heterocycles. The van der Waals surface area contributed by atoms with Crippen LogP contribution in [0.15, 0.2) is 18.2 Å². The summed E-state index contributed by atoms with van der Waals surface area (Å²) in [6.07, 6.45) is 2.81. The van der Waals surface area contributed by atoms with E-state index in [9.17, 15) is 4.79 Å². The first-order valence-corrected chi connectivity index (χ1v) is 8.64. The molecule has 8 nitrogen and oxygen atoms in total. The molecule has 4 rings (SSSR count). The van der Waals surface area contributed by atoms with Crippen LogP contribution in [-0.2, 0) is 11.3 Å². The average molecular weight is 343 g/mol. The number of tetrazole rings is 1. The Morgan fingerprint density at radius 3 is 2.88 bits per heavy atom. The Kier molecular flexibility index (Phi) is 4.25. The highest BCUT2D eigenvalue weighted by Crippen LogP contribution is 2.38. The molecule has 0 spiro atoms. The van der Waals surface area contributed by atoms with Gasteiger partial charge in [-0.2, -0.15) is 0 Å². The van der Waals surface area contributed by atoms with Gasteiger partial charge in [-0.15, -0.1) is 5.10 Å². The molecular weight excluding hydrogens is 322 g/mol. The van der Waals surface area contributed by atoms with Gasteiger partial charge >= 0.3 is 0 Å². The normalized spacial score (nSPS) is 19.7. The van der Waals surface area contributed by atoms with E-state index < -0.39 is 0 Å². The van der Waals surface area contributed by atoms with Crippen molar-refractivity contribution in [2.45, 2.75) is 38.8 Å². The summed E-state index contributed by atoms with van der Waals surface area (Å²) in [6.45, 7) is 4.03. The van der Waals surface area contributed by atoms with E-state index in [1.165, 1.54) is 4.68 Å².